The van der Waals surface area contributed by atoms with Crippen LogP contribution in [0.3, 0.4) is 0 Å². The number of amides is 2. The molecule has 1 N–H and O–H groups in total. The molecule has 0 spiro atoms. The minimum Gasteiger partial charge on any atom is -0.394 e. The van der Waals surface area contributed by atoms with E-state index in [0.29, 0.717) is 57.1 Å². The molecule has 10 heteroatoms. The number of ether oxygens (including phenoxy) is 1. The molecule has 2 fully saturated rings. The molecular weight excluding hydrogens is 477 g/mol. The van der Waals surface area contributed by atoms with Gasteiger partial charge in [0.2, 0.25) is 5.91 Å². The van der Waals surface area contributed by atoms with Gasteiger partial charge in [-0.25, -0.2) is 4.39 Å². The summed E-state index contributed by atoms with van der Waals surface area (Å²) in [6.07, 6.45) is 4.16. The fourth-order valence-electron chi connectivity index (χ4n) is 5.77. The van der Waals surface area contributed by atoms with Crippen molar-refractivity contribution in [1.82, 2.24) is 19.6 Å². The van der Waals surface area contributed by atoms with Crippen LogP contribution in [0.15, 0.2) is 18.2 Å². The lowest BCUT2D eigenvalue weighted by atomic mass is 10.1. The molecule has 0 bridgehead atoms. The predicted octanol–water partition coefficient (Wildman–Crippen LogP) is 1.78. The molecule has 5 rings (SSSR count). The number of rotatable bonds is 7. The van der Waals surface area contributed by atoms with Gasteiger partial charge in [-0.15, -0.1) is 0 Å². The summed E-state index contributed by atoms with van der Waals surface area (Å²) in [5, 5.41) is 13.6. The number of carbonyl (C=O) groups is 2. The van der Waals surface area contributed by atoms with Gasteiger partial charge in [-0.3, -0.25) is 14.3 Å². The lowest BCUT2D eigenvalue weighted by Crippen LogP contribution is -2.50. The van der Waals surface area contributed by atoms with Crippen molar-refractivity contribution >= 4 is 17.5 Å². The van der Waals surface area contributed by atoms with Gasteiger partial charge in [0, 0.05) is 61.8 Å². The zero-order chi connectivity index (χ0) is 25.9. The molecule has 200 valence electrons. The van der Waals surface area contributed by atoms with Crippen molar-refractivity contribution in [1.29, 1.82) is 0 Å². The zero-order valence-electron chi connectivity index (χ0n) is 21.5. The van der Waals surface area contributed by atoms with Gasteiger partial charge >= 0.3 is 0 Å². The second-order valence-electron chi connectivity index (χ2n) is 10.1. The number of aliphatic hydroxyl groups is 1. The van der Waals surface area contributed by atoms with Gasteiger partial charge in [0.1, 0.15) is 12.4 Å². The van der Waals surface area contributed by atoms with E-state index in [-0.39, 0.29) is 36.9 Å². The molecule has 1 aliphatic carbocycles. The molecule has 37 heavy (non-hydrogen) atoms. The molecule has 3 heterocycles. The predicted molar refractivity (Wildman–Crippen MR) is 136 cm³/mol. The smallest absolute Gasteiger partial charge is 0.274 e. The fourth-order valence-corrected chi connectivity index (χ4v) is 5.77. The monoisotopic (exact) mass is 513 g/mol. The summed E-state index contributed by atoms with van der Waals surface area (Å²) in [5.41, 5.74) is 3.99. The fraction of sp³-hybridized carbons (Fsp3) is 0.593. The van der Waals surface area contributed by atoms with Gasteiger partial charge in [0.25, 0.3) is 5.91 Å². The molecule has 0 radical (unpaired) electrons. The summed E-state index contributed by atoms with van der Waals surface area (Å²) < 4.78 is 21.4. The minimum absolute atomic E-state index is 0.00377. The third kappa shape index (κ3) is 5.36. The molecule has 2 aromatic rings. The molecule has 3 aliphatic rings. The van der Waals surface area contributed by atoms with Gasteiger partial charge < -0.3 is 24.5 Å². The van der Waals surface area contributed by atoms with Gasteiger partial charge in [0.15, 0.2) is 5.69 Å². The average molecular weight is 514 g/mol. The van der Waals surface area contributed by atoms with Crippen molar-refractivity contribution in [3.63, 3.8) is 0 Å². The SMILES string of the molecule is Cc1c(F)cccc1N1CCN(C(=O)Cn2nc(C(=O)N3CCC(OCCO)CC3)c3c2CCC3)CC1. The van der Waals surface area contributed by atoms with E-state index >= 15 is 0 Å². The molecule has 0 saturated carbocycles. The van der Waals surface area contributed by atoms with Crippen LogP contribution in [-0.4, -0.2) is 95.1 Å². The number of nitrogens with zero attached hydrogens (tertiary/aromatic N) is 5. The number of carbonyl (C=O) groups excluding carboxylic acids is 2. The number of hydrogen-bond acceptors (Lipinski definition) is 6. The number of piperidine rings is 1. The third-order valence-corrected chi connectivity index (χ3v) is 7.88. The highest BCUT2D eigenvalue weighted by Crippen LogP contribution is 2.28. The summed E-state index contributed by atoms with van der Waals surface area (Å²) in [6.45, 7) is 5.87. The number of benzene rings is 1. The summed E-state index contributed by atoms with van der Waals surface area (Å²) >= 11 is 0. The molecule has 1 aromatic heterocycles. The quantitative estimate of drug-likeness (QED) is 0.607. The Morgan fingerprint density at radius 3 is 2.57 bits per heavy atom. The second-order valence-corrected chi connectivity index (χ2v) is 10.1. The first-order valence-electron chi connectivity index (χ1n) is 13.3. The number of fused-ring (bicyclic) bond motifs is 1. The Balaban J connectivity index is 1.20. The van der Waals surface area contributed by atoms with Crippen molar-refractivity contribution in [2.45, 2.75) is 51.7 Å². The number of aliphatic hydroxyl groups excluding tert-OH is 1. The Bertz CT molecular complexity index is 1140. The molecule has 9 nitrogen and oxygen atoms in total. The van der Waals surface area contributed by atoms with Gasteiger partial charge in [0.05, 0.1) is 19.3 Å². The normalized spacial score (nSPS) is 18.4. The number of likely N-dealkylation sites (tertiary alicyclic amines) is 1. The molecular formula is C27H36FN5O4. The van der Waals surface area contributed by atoms with E-state index in [9.17, 15) is 14.0 Å². The Morgan fingerprint density at radius 2 is 1.84 bits per heavy atom. The maximum absolute atomic E-state index is 14.0. The molecule has 2 saturated heterocycles. The van der Waals surface area contributed by atoms with Gasteiger partial charge in [-0.1, -0.05) is 6.07 Å². The van der Waals surface area contributed by atoms with Crippen LogP contribution < -0.4 is 4.90 Å². The van der Waals surface area contributed by atoms with E-state index in [1.165, 1.54) is 6.07 Å². The first-order valence-corrected chi connectivity index (χ1v) is 13.3. The van der Waals surface area contributed by atoms with E-state index in [0.717, 1.165) is 49.0 Å². The second kappa shape index (κ2) is 11.2. The van der Waals surface area contributed by atoms with Gasteiger partial charge in [-0.2, -0.15) is 5.10 Å². The lowest BCUT2D eigenvalue weighted by molar-refractivity contribution is -0.132. The van der Waals surface area contributed by atoms with Crippen LogP contribution in [0.2, 0.25) is 0 Å². The van der Waals surface area contributed by atoms with Crippen molar-refractivity contribution in [3.8, 4) is 0 Å². The maximum atomic E-state index is 14.0. The summed E-state index contributed by atoms with van der Waals surface area (Å²) in [5.74, 6) is -0.286. The van der Waals surface area contributed by atoms with E-state index in [1.54, 1.807) is 17.7 Å². The highest BCUT2D eigenvalue weighted by atomic mass is 19.1. The van der Waals surface area contributed by atoms with Crippen molar-refractivity contribution in [2.24, 2.45) is 0 Å². The number of piperazine rings is 1. The first-order chi connectivity index (χ1) is 18.0. The van der Waals surface area contributed by atoms with Crippen LogP contribution in [-0.2, 0) is 28.9 Å². The van der Waals surface area contributed by atoms with Crippen molar-refractivity contribution in [3.05, 3.63) is 46.5 Å². The minimum atomic E-state index is -0.215. The molecule has 0 unspecified atom stereocenters. The lowest BCUT2D eigenvalue weighted by Gasteiger charge is -2.37. The highest BCUT2D eigenvalue weighted by molar-refractivity contribution is 5.94. The third-order valence-electron chi connectivity index (χ3n) is 7.88. The van der Waals surface area contributed by atoms with Crippen molar-refractivity contribution in [2.75, 3.05) is 57.4 Å². The summed E-state index contributed by atoms with van der Waals surface area (Å²) in [4.78, 5) is 32.3. The van der Waals surface area contributed by atoms with Crippen LogP contribution >= 0.6 is 0 Å². The average Bonchev–Trinajstić information content (AvgIpc) is 3.53. The van der Waals surface area contributed by atoms with Crippen LogP contribution in [0, 0.1) is 12.7 Å². The number of anilines is 1. The molecule has 0 atom stereocenters. The largest absolute Gasteiger partial charge is 0.394 e. The standard InChI is InChI=1S/C27H36FN5O4/c1-19-22(28)5-3-6-23(19)30-12-14-31(15-13-30)25(35)18-33-24-7-2-4-21(24)26(29-33)27(36)32-10-8-20(9-11-32)37-17-16-34/h3,5-6,20,34H,2,4,7-18H2,1H3. The summed E-state index contributed by atoms with van der Waals surface area (Å²) in [7, 11) is 0. The molecule has 2 amide bonds. The number of aromatic nitrogens is 2. The zero-order valence-corrected chi connectivity index (χ0v) is 21.5. The topological polar surface area (TPSA) is 91.1 Å². The Kier molecular flexibility index (Phi) is 7.76. The molecule has 2 aliphatic heterocycles. The van der Waals surface area contributed by atoms with Crippen molar-refractivity contribution < 1.29 is 23.8 Å². The Morgan fingerprint density at radius 1 is 1.08 bits per heavy atom. The van der Waals surface area contributed by atoms with Crippen LogP contribution in [0.5, 0.6) is 0 Å². The van der Waals surface area contributed by atoms with E-state index in [4.69, 9.17) is 9.84 Å². The number of halogens is 1. The van der Waals surface area contributed by atoms with Gasteiger partial charge in [-0.05, 0) is 51.2 Å². The first kappa shape index (κ1) is 25.7. The van der Waals surface area contributed by atoms with Crippen LogP contribution in [0.25, 0.3) is 0 Å². The van der Waals surface area contributed by atoms with E-state index in [2.05, 4.69) is 10.00 Å². The number of hydrogen-bond donors (Lipinski definition) is 1. The Labute approximate surface area is 216 Å². The summed E-state index contributed by atoms with van der Waals surface area (Å²) in [6, 6.07) is 5.11. The molecule has 1 aromatic carbocycles. The Hall–Kier alpha value is -2.98. The van der Waals surface area contributed by atoms with E-state index < -0.39 is 0 Å². The highest BCUT2D eigenvalue weighted by Gasteiger charge is 2.32. The van der Waals surface area contributed by atoms with E-state index in [1.807, 2.05) is 15.9 Å². The maximum Gasteiger partial charge on any atom is 0.274 e. The van der Waals surface area contributed by atoms with Crippen LogP contribution in [0.4, 0.5) is 10.1 Å². The van der Waals surface area contributed by atoms with Crippen LogP contribution in [0.1, 0.15) is 46.6 Å².